The minimum atomic E-state index is 0.712. The molecule has 0 aromatic carbocycles. The van der Waals surface area contributed by atoms with Crippen LogP contribution in [0, 0.1) is 0 Å². The molecule has 0 unspecified atom stereocenters. The Balaban J connectivity index is 2.22. The van der Waals surface area contributed by atoms with Crippen LogP contribution in [-0.4, -0.2) is 10.2 Å². The summed E-state index contributed by atoms with van der Waals surface area (Å²) in [5, 5.41) is 7.18. The number of aromatic nitrogens is 2. The maximum Gasteiger partial charge on any atom is 0.148 e. The second-order valence-corrected chi connectivity index (χ2v) is 3.88. The van der Waals surface area contributed by atoms with Crippen molar-refractivity contribution in [2.75, 3.05) is 5.73 Å². The van der Waals surface area contributed by atoms with E-state index < -0.39 is 0 Å². The molecule has 1 fully saturated rings. The lowest BCUT2D eigenvalue weighted by Gasteiger charge is -2.25. The number of H-pyrrole nitrogens is 1. The minimum absolute atomic E-state index is 0.712. The third-order valence-corrected chi connectivity index (χ3v) is 2.94. The summed E-state index contributed by atoms with van der Waals surface area (Å²) in [5.74, 6) is 1.43. The van der Waals surface area contributed by atoms with Crippen molar-refractivity contribution in [3.8, 4) is 0 Å². The molecule has 13 heavy (non-hydrogen) atoms. The van der Waals surface area contributed by atoms with Gasteiger partial charge in [-0.1, -0.05) is 19.8 Å². The van der Waals surface area contributed by atoms with Crippen molar-refractivity contribution in [1.82, 2.24) is 10.2 Å². The Bertz CT molecular complexity index is 286. The van der Waals surface area contributed by atoms with Gasteiger partial charge in [0, 0.05) is 17.2 Å². The number of hydrogen-bond donors (Lipinski definition) is 2. The van der Waals surface area contributed by atoms with Crippen molar-refractivity contribution < 1.29 is 0 Å². The Kier molecular flexibility index (Phi) is 2.25. The van der Waals surface area contributed by atoms with Gasteiger partial charge < -0.3 is 5.73 Å². The van der Waals surface area contributed by atoms with Crippen molar-refractivity contribution in [3.63, 3.8) is 0 Å². The highest BCUT2D eigenvalue weighted by molar-refractivity contribution is 5.43. The molecule has 1 heterocycles. The maximum atomic E-state index is 5.80. The molecule has 0 aliphatic heterocycles. The van der Waals surface area contributed by atoms with Gasteiger partial charge in [-0.05, 0) is 19.3 Å². The first-order valence-corrected chi connectivity index (χ1v) is 5.15. The van der Waals surface area contributed by atoms with E-state index in [2.05, 4.69) is 17.1 Å². The molecule has 1 aromatic heterocycles. The lowest BCUT2D eigenvalue weighted by Crippen LogP contribution is -2.11. The van der Waals surface area contributed by atoms with E-state index in [1.54, 1.807) is 0 Å². The molecule has 0 amide bonds. The van der Waals surface area contributed by atoms with Crippen molar-refractivity contribution in [2.45, 2.75) is 44.9 Å². The van der Waals surface area contributed by atoms with Crippen molar-refractivity contribution in [2.24, 2.45) is 0 Å². The molecular formula is C10H17N3. The van der Waals surface area contributed by atoms with Crippen LogP contribution in [0.4, 0.5) is 5.82 Å². The van der Waals surface area contributed by atoms with Crippen LogP contribution >= 0.6 is 0 Å². The Hall–Kier alpha value is -0.990. The molecule has 1 aliphatic carbocycles. The van der Waals surface area contributed by atoms with E-state index >= 15 is 0 Å². The number of rotatable bonds is 3. The van der Waals surface area contributed by atoms with Crippen LogP contribution < -0.4 is 5.73 Å². The van der Waals surface area contributed by atoms with E-state index in [1.807, 2.05) is 0 Å². The highest BCUT2D eigenvalue weighted by Crippen LogP contribution is 2.38. The van der Waals surface area contributed by atoms with Crippen LogP contribution in [0.15, 0.2) is 0 Å². The number of nitrogen functional groups attached to an aromatic ring is 1. The number of nitrogens with two attached hydrogens (primary N) is 1. The number of hydrogen-bond acceptors (Lipinski definition) is 2. The maximum absolute atomic E-state index is 5.80. The molecule has 3 N–H and O–H groups in total. The van der Waals surface area contributed by atoms with Crippen molar-refractivity contribution in [1.29, 1.82) is 0 Å². The molecule has 0 saturated heterocycles. The fraction of sp³-hybridized carbons (Fsp3) is 0.700. The van der Waals surface area contributed by atoms with Crippen LogP contribution in [0.25, 0.3) is 0 Å². The molecule has 2 rings (SSSR count). The average molecular weight is 179 g/mol. The van der Waals surface area contributed by atoms with Gasteiger partial charge in [0.05, 0.1) is 0 Å². The van der Waals surface area contributed by atoms with Crippen molar-refractivity contribution in [3.05, 3.63) is 11.3 Å². The summed E-state index contributed by atoms with van der Waals surface area (Å²) in [6.45, 7) is 2.18. The standard InChI is InChI=1S/C10H17N3/c1-2-4-8-9(7-5-3-6-7)12-13-10(8)11/h7H,2-6H2,1H3,(H3,11,12,13). The predicted octanol–water partition coefficient (Wildman–Crippen LogP) is 2.21. The van der Waals surface area contributed by atoms with Gasteiger partial charge in [-0.25, -0.2) is 0 Å². The van der Waals surface area contributed by atoms with E-state index in [-0.39, 0.29) is 0 Å². The fourth-order valence-electron chi connectivity index (χ4n) is 1.94. The lowest BCUT2D eigenvalue weighted by molar-refractivity contribution is 0.408. The Morgan fingerprint density at radius 2 is 2.31 bits per heavy atom. The summed E-state index contributed by atoms with van der Waals surface area (Å²) in [6, 6.07) is 0. The lowest BCUT2D eigenvalue weighted by atomic mass is 9.81. The van der Waals surface area contributed by atoms with Gasteiger partial charge in [0.15, 0.2) is 0 Å². The average Bonchev–Trinajstić information content (AvgIpc) is 2.33. The first-order valence-electron chi connectivity index (χ1n) is 5.15. The zero-order valence-corrected chi connectivity index (χ0v) is 8.14. The molecule has 0 radical (unpaired) electrons. The van der Waals surface area contributed by atoms with Gasteiger partial charge in [-0.15, -0.1) is 0 Å². The molecule has 1 saturated carbocycles. The van der Waals surface area contributed by atoms with Crippen LogP contribution in [0.3, 0.4) is 0 Å². The topological polar surface area (TPSA) is 54.7 Å². The van der Waals surface area contributed by atoms with E-state index in [1.165, 1.54) is 30.5 Å². The molecule has 3 nitrogen and oxygen atoms in total. The van der Waals surface area contributed by atoms with E-state index in [0.717, 1.165) is 12.8 Å². The summed E-state index contributed by atoms with van der Waals surface area (Å²) in [4.78, 5) is 0. The Morgan fingerprint density at radius 3 is 2.85 bits per heavy atom. The molecular weight excluding hydrogens is 162 g/mol. The SMILES string of the molecule is CCCc1c(N)n[nH]c1C1CCC1. The highest BCUT2D eigenvalue weighted by Gasteiger charge is 2.24. The number of nitrogens with one attached hydrogen (secondary N) is 1. The van der Waals surface area contributed by atoms with Crippen LogP contribution in [0.1, 0.15) is 49.8 Å². The van der Waals surface area contributed by atoms with Gasteiger partial charge in [-0.3, -0.25) is 5.10 Å². The van der Waals surface area contributed by atoms with Gasteiger partial charge in [0.2, 0.25) is 0 Å². The third kappa shape index (κ3) is 1.43. The van der Waals surface area contributed by atoms with E-state index in [0.29, 0.717) is 11.7 Å². The fourth-order valence-corrected chi connectivity index (χ4v) is 1.94. The summed E-state index contributed by atoms with van der Waals surface area (Å²) < 4.78 is 0. The van der Waals surface area contributed by atoms with Crippen molar-refractivity contribution >= 4 is 5.82 Å². The van der Waals surface area contributed by atoms with Crippen LogP contribution in [0.2, 0.25) is 0 Å². The Labute approximate surface area is 78.7 Å². The van der Waals surface area contributed by atoms with Gasteiger partial charge in [0.25, 0.3) is 0 Å². The van der Waals surface area contributed by atoms with Crippen LogP contribution in [-0.2, 0) is 6.42 Å². The minimum Gasteiger partial charge on any atom is -0.382 e. The quantitative estimate of drug-likeness (QED) is 0.747. The smallest absolute Gasteiger partial charge is 0.148 e. The van der Waals surface area contributed by atoms with Gasteiger partial charge in [0.1, 0.15) is 5.82 Å². The molecule has 0 spiro atoms. The van der Waals surface area contributed by atoms with E-state index in [9.17, 15) is 0 Å². The third-order valence-electron chi connectivity index (χ3n) is 2.94. The first kappa shape index (κ1) is 8.60. The Morgan fingerprint density at radius 1 is 1.54 bits per heavy atom. The zero-order chi connectivity index (χ0) is 9.26. The molecule has 72 valence electrons. The van der Waals surface area contributed by atoms with Gasteiger partial charge in [-0.2, -0.15) is 5.10 Å². The predicted molar refractivity (Wildman–Crippen MR) is 53.6 cm³/mol. The number of anilines is 1. The summed E-state index contributed by atoms with van der Waals surface area (Å²) >= 11 is 0. The second kappa shape index (κ2) is 3.40. The first-order chi connectivity index (χ1) is 6.33. The summed E-state index contributed by atoms with van der Waals surface area (Å²) in [7, 11) is 0. The second-order valence-electron chi connectivity index (χ2n) is 3.88. The summed E-state index contributed by atoms with van der Waals surface area (Å²) in [5.41, 5.74) is 8.38. The summed E-state index contributed by atoms with van der Waals surface area (Å²) in [6.07, 6.45) is 6.17. The molecule has 0 atom stereocenters. The van der Waals surface area contributed by atoms with E-state index in [4.69, 9.17) is 5.73 Å². The number of nitrogens with zero attached hydrogens (tertiary/aromatic N) is 1. The van der Waals surface area contributed by atoms with Crippen LogP contribution in [0.5, 0.6) is 0 Å². The molecule has 1 aromatic rings. The zero-order valence-electron chi connectivity index (χ0n) is 8.14. The largest absolute Gasteiger partial charge is 0.382 e. The molecule has 1 aliphatic rings. The highest BCUT2D eigenvalue weighted by atomic mass is 15.2. The molecule has 0 bridgehead atoms. The molecule has 3 heteroatoms. The monoisotopic (exact) mass is 179 g/mol. The number of aromatic amines is 1. The normalized spacial score (nSPS) is 17.3. The van der Waals surface area contributed by atoms with Gasteiger partial charge >= 0.3 is 0 Å².